The lowest BCUT2D eigenvalue weighted by Gasteiger charge is -2.26. The Morgan fingerprint density at radius 2 is 2.09 bits per heavy atom. The molecule has 0 saturated carbocycles. The minimum absolute atomic E-state index is 0.0721. The summed E-state index contributed by atoms with van der Waals surface area (Å²) in [5.74, 6) is 0.879. The maximum atomic E-state index is 12.6. The number of carbonyl (C=O) groups excluding carboxylic acids is 1. The van der Waals surface area contributed by atoms with Gasteiger partial charge in [-0.3, -0.25) is 9.69 Å². The van der Waals surface area contributed by atoms with E-state index in [2.05, 4.69) is 34.1 Å². The molecular formula is C17H23N5O. The van der Waals surface area contributed by atoms with Crippen LogP contribution in [-0.2, 0) is 24.4 Å². The zero-order valence-corrected chi connectivity index (χ0v) is 13.6. The molecule has 0 unspecified atom stereocenters. The van der Waals surface area contributed by atoms with Gasteiger partial charge in [-0.2, -0.15) is 5.10 Å². The fraction of sp³-hybridized carbons (Fsp3) is 0.471. The second kappa shape index (κ2) is 6.91. The summed E-state index contributed by atoms with van der Waals surface area (Å²) in [6.07, 6.45) is 1.57. The minimum Gasteiger partial charge on any atom is -0.352 e. The minimum atomic E-state index is -0.121. The van der Waals surface area contributed by atoms with Gasteiger partial charge in [-0.05, 0) is 19.4 Å². The lowest BCUT2D eigenvalue weighted by Crippen LogP contribution is -2.41. The standard InChI is InChI=1S/C17H23N5O/c1-13(2)21-9-15(10-22-16(11-21)19-12-20-22)17(23)18-8-14-6-4-3-5-7-14/h3-7,12-13,15H,8-11H2,1-2H3,(H,18,23)/t15-/m0/s1. The van der Waals surface area contributed by atoms with Crippen LogP contribution in [0.3, 0.4) is 0 Å². The molecule has 0 saturated heterocycles. The molecule has 1 amide bonds. The Kier molecular flexibility index (Phi) is 4.71. The van der Waals surface area contributed by atoms with Gasteiger partial charge < -0.3 is 5.32 Å². The van der Waals surface area contributed by atoms with Crippen molar-refractivity contribution >= 4 is 5.91 Å². The van der Waals surface area contributed by atoms with Crippen LogP contribution in [0.25, 0.3) is 0 Å². The molecule has 0 aliphatic carbocycles. The number of nitrogens with one attached hydrogen (secondary N) is 1. The number of benzene rings is 1. The van der Waals surface area contributed by atoms with Crippen molar-refractivity contribution in [1.82, 2.24) is 25.0 Å². The van der Waals surface area contributed by atoms with Crippen molar-refractivity contribution in [2.75, 3.05) is 6.54 Å². The molecule has 1 aromatic heterocycles. The topological polar surface area (TPSA) is 63.1 Å². The Hall–Kier alpha value is -2.21. The highest BCUT2D eigenvalue weighted by Crippen LogP contribution is 2.16. The molecule has 23 heavy (non-hydrogen) atoms. The normalized spacial score (nSPS) is 18.5. The van der Waals surface area contributed by atoms with E-state index in [1.54, 1.807) is 6.33 Å². The van der Waals surface area contributed by atoms with Crippen molar-refractivity contribution in [3.63, 3.8) is 0 Å². The van der Waals surface area contributed by atoms with Crippen molar-refractivity contribution in [2.24, 2.45) is 5.92 Å². The quantitative estimate of drug-likeness (QED) is 0.927. The molecule has 6 heteroatoms. The molecule has 1 aliphatic rings. The van der Waals surface area contributed by atoms with E-state index in [-0.39, 0.29) is 11.8 Å². The highest BCUT2D eigenvalue weighted by atomic mass is 16.1. The molecule has 0 fully saturated rings. The summed E-state index contributed by atoms with van der Waals surface area (Å²) in [7, 11) is 0. The molecule has 0 spiro atoms. The maximum Gasteiger partial charge on any atom is 0.226 e. The predicted octanol–water partition coefficient (Wildman–Crippen LogP) is 1.43. The van der Waals surface area contributed by atoms with Crippen LogP contribution < -0.4 is 5.32 Å². The highest BCUT2D eigenvalue weighted by molar-refractivity contribution is 5.78. The van der Waals surface area contributed by atoms with Gasteiger partial charge in [-0.1, -0.05) is 30.3 Å². The van der Waals surface area contributed by atoms with Gasteiger partial charge >= 0.3 is 0 Å². The van der Waals surface area contributed by atoms with Crippen molar-refractivity contribution in [1.29, 1.82) is 0 Å². The van der Waals surface area contributed by atoms with E-state index >= 15 is 0 Å². The summed E-state index contributed by atoms with van der Waals surface area (Å²) < 4.78 is 1.86. The third-order valence-corrected chi connectivity index (χ3v) is 4.30. The van der Waals surface area contributed by atoms with Gasteiger partial charge in [0, 0.05) is 19.1 Å². The summed E-state index contributed by atoms with van der Waals surface area (Å²) >= 11 is 0. The summed E-state index contributed by atoms with van der Waals surface area (Å²) in [6, 6.07) is 10.3. The molecule has 1 atom stereocenters. The third-order valence-electron chi connectivity index (χ3n) is 4.30. The van der Waals surface area contributed by atoms with Crippen molar-refractivity contribution < 1.29 is 4.79 Å². The molecule has 2 aromatic rings. The van der Waals surface area contributed by atoms with Crippen LogP contribution in [0, 0.1) is 5.92 Å². The predicted molar refractivity (Wildman–Crippen MR) is 87.3 cm³/mol. The number of hydrogen-bond donors (Lipinski definition) is 1. The molecule has 3 rings (SSSR count). The second-order valence-corrected chi connectivity index (χ2v) is 6.28. The first-order valence-electron chi connectivity index (χ1n) is 8.06. The third kappa shape index (κ3) is 3.76. The molecule has 2 heterocycles. The van der Waals surface area contributed by atoms with Gasteiger partial charge in [0.15, 0.2) is 0 Å². The summed E-state index contributed by atoms with van der Waals surface area (Å²) in [5, 5.41) is 7.31. The zero-order chi connectivity index (χ0) is 16.2. The smallest absolute Gasteiger partial charge is 0.226 e. The van der Waals surface area contributed by atoms with Crippen LogP contribution in [0.2, 0.25) is 0 Å². The van der Waals surface area contributed by atoms with Gasteiger partial charge in [-0.25, -0.2) is 9.67 Å². The van der Waals surface area contributed by atoms with E-state index in [4.69, 9.17) is 0 Å². The molecule has 0 bridgehead atoms. The largest absolute Gasteiger partial charge is 0.352 e. The Labute approximate surface area is 136 Å². The van der Waals surface area contributed by atoms with Gasteiger partial charge in [-0.15, -0.1) is 0 Å². The number of nitrogens with zero attached hydrogens (tertiary/aromatic N) is 4. The Balaban J connectivity index is 1.69. The summed E-state index contributed by atoms with van der Waals surface area (Å²) in [5.41, 5.74) is 1.11. The highest BCUT2D eigenvalue weighted by Gasteiger charge is 2.29. The number of amides is 1. The molecule has 1 aromatic carbocycles. The van der Waals surface area contributed by atoms with E-state index in [0.29, 0.717) is 19.1 Å². The summed E-state index contributed by atoms with van der Waals surface area (Å²) in [4.78, 5) is 19.2. The molecule has 122 valence electrons. The first-order chi connectivity index (χ1) is 11.1. The van der Waals surface area contributed by atoms with E-state index in [1.165, 1.54) is 0 Å². The van der Waals surface area contributed by atoms with E-state index in [9.17, 15) is 4.79 Å². The fourth-order valence-electron chi connectivity index (χ4n) is 2.85. The van der Waals surface area contributed by atoms with Crippen LogP contribution >= 0.6 is 0 Å². The lowest BCUT2D eigenvalue weighted by molar-refractivity contribution is -0.126. The fourth-order valence-corrected chi connectivity index (χ4v) is 2.85. The molecule has 6 nitrogen and oxygen atoms in total. The number of carbonyl (C=O) groups is 1. The number of hydrogen-bond acceptors (Lipinski definition) is 4. The SMILES string of the molecule is CC(C)N1Cc2ncnn2C[C@@H](C(=O)NCc2ccccc2)C1. The van der Waals surface area contributed by atoms with Crippen LogP contribution in [0.5, 0.6) is 0 Å². The molecule has 1 N–H and O–H groups in total. The van der Waals surface area contributed by atoms with Crippen LogP contribution in [0.4, 0.5) is 0 Å². The van der Waals surface area contributed by atoms with Crippen molar-refractivity contribution in [2.45, 2.75) is 39.5 Å². The summed E-state index contributed by atoms with van der Waals surface area (Å²) in [6.45, 7) is 6.89. The van der Waals surface area contributed by atoms with E-state index in [0.717, 1.165) is 24.5 Å². The van der Waals surface area contributed by atoms with Crippen LogP contribution in [0.1, 0.15) is 25.2 Å². The van der Waals surface area contributed by atoms with Gasteiger partial charge in [0.1, 0.15) is 12.2 Å². The molecule has 0 radical (unpaired) electrons. The monoisotopic (exact) mass is 313 g/mol. The van der Waals surface area contributed by atoms with Crippen molar-refractivity contribution in [3.05, 3.63) is 48.0 Å². The zero-order valence-electron chi connectivity index (χ0n) is 13.6. The van der Waals surface area contributed by atoms with Crippen LogP contribution in [-0.4, -0.2) is 38.2 Å². The first-order valence-corrected chi connectivity index (χ1v) is 8.06. The number of aromatic nitrogens is 3. The van der Waals surface area contributed by atoms with Gasteiger partial charge in [0.2, 0.25) is 5.91 Å². The Bertz CT molecular complexity index is 652. The van der Waals surface area contributed by atoms with Crippen molar-refractivity contribution in [3.8, 4) is 0 Å². The first kappa shape index (κ1) is 15.7. The average molecular weight is 313 g/mol. The molecular weight excluding hydrogens is 290 g/mol. The average Bonchev–Trinajstić information content (AvgIpc) is 2.90. The van der Waals surface area contributed by atoms with E-state index < -0.39 is 0 Å². The van der Waals surface area contributed by atoms with Gasteiger partial charge in [0.25, 0.3) is 0 Å². The Morgan fingerprint density at radius 3 is 2.83 bits per heavy atom. The van der Waals surface area contributed by atoms with E-state index in [1.807, 2.05) is 35.0 Å². The maximum absolute atomic E-state index is 12.6. The lowest BCUT2D eigenvalue weighted by atomic mass is 10.1. The second-order valence-electron chi connectivity index (χ2n) is 6.28. The number of rotatable bonds is 4. The number of fused-ring (bicyclic) bond motifs is 1. The molecule has 1 aliphatic heterocycles. The van der Waals surface area contributed by atoms with Crippen LogP contribution in [0.15, 0.2) is 36.7 Å². The Morgan fingerprint density at radius 1 is 1.30 bits per heavy atom. The van der Waals surface area contributed by atoms with Gasteiger partial charge in [0.05, 0.1) is 19.0 Å².